The number of halogens is 9. The standard InChI is InChI=1S/C22H19Cl2N3O4S.C21H16Cl3N3O4S.C20H16Cl2N4O4S.C20H17Cl2N3O3S/c1-13-9-16(7-8-17(13)24)32(29,30)26-18-10-15(23)11-25-21(18)22(28)27-14(2)12-31-20-6-4-3-5-19(20)27;1-12-8-15(3-4-16(12)24)32(29,30)26-17-9-14(23)11-25-20(17)21(28)27-6-7-31-19-5-2-13(22)10-18(19)27;1-12-9-14(4-5-15(12)22)31(28,29)25-16-10-13(21)11-24-18(16)20(27)26-7-8-30-17-3-2-6-23-19(17)26;1-13-10-16(8-9-17(13)22)29(27,28)24-18-11-14(21)12-23-19(18)20(26)25(2)15-6-4-3-5-7-15/h3-11,14,26H,12H2,1-2H3;2-5,8-11,26H,6-7H2,1H3;2-6,9-11,25H,7-8H2,1H3;3-12,24H,1-2H3. The van der Waals surface area contributed by atoms with E-state index in [2.05, 4.69) is 43.8 Å². The molecule has 0 aliphatic carbocycles. The minimum atomic E-state index is -4.05. The van der Waals surface area contributed by atoms with E-state index in [4.69, 9.17) is 119 Å². The van der Waals surface area contributed by atoms with Crippen LogP contribution in [0.3, 0.4) is 0 Å². The Bertz CT molecular complexity index is 6680. The third kappa shape index (κ3) is 21.7. The fourth-order valence-corrected chi connectivity index (χ4v) is 18.1. The lowest BCUT2D eigenvalue weighted by Gasteiger charge is -2.35. The number of aryl methyl sites for hydroxylation is 4. The molecule has 5 aromatic heterocycles. The topological polar surface area (TPSA) is 358 Å². The predicted octanol–water partition coefficient (Wildman–Crippen LogP) is 18.8. The van der Waals surface area contributed by atoms with Crippen LogP contribution in [0.1, 0.15) is 71.1 Å². The van der Waals surface area contributed by atoms with E-state index in [0.717, 1.165) is 0 Å². The van der Waals surface area contributed by atoms with Gasteiger partial charge in [0.1, 0.15) is 31.3 Å². The summed E-state index contributed by atoms with van der Waals surface area (Å²) in [6.45, 7) is 9.92. The number of para-hydroxylation sites is 3. The summed E-state index contributed by atoms with van der Waals surface area (Å²) >= 11 is 54.3. The average molecular weight is 1930 g/mol. The van der Waals surface area contributed by atoms with E-state index in [1.807, 2.05) is 19.1 Å². The number of carbonyl (C=O) groups is 4. The van der Waals surface area contributed by atoms with E-state index in [1.165, 1.54) is 143 Å². The van der Waals surface area contributed by atoms with Crippen molar-refractivity contribution in [2.24, 2.45) is 0 Å². The summed E-state index contributed by atoms with van der Waals surface area (Å²) in [5, 5.41) is 2.91. The van der Waals surface area contributed by atoms with Gasteiger partial charge in [-0.05, 0) is 209 Å². The molecule has 0 spiro atoms. The number of fused-ring (bicyclic) bond motifs is 3. The van der Waals surface area contributed by atoms with Crippen LogP contribution in [0.5, 0.6) is 17.2 Å². The number of ether oxygens (including phenoxy) is 3. The Morgan fingerprint density at radius 2 is 0.758 bits per heavy atom. The largest absolute Gasteiger partial charge is 0.490 e. The van der Waals surface area contributed by atoms with Gasteiger partial charge in [-0.15, -0.1) is 0 Å². The molecule has 7 aromatic carbocycles. The van der Waals surface area contributed by atoms with Gasteiger partial charge in [0.25, 0.3) is 63.7 Å². The molecule has 124 heavy (non-hydrogen) atoms. The van der Waals surface area contributed by atoms with Crippen molar-refractivity contribution in [2.75, 3.05) is 78.4 Å². The van der Waals surface area contributed by atoms with Gasteiger partial charge in [-0.1, -0.05) is 135 Å². The summed E-state index contributed by atoms with van der Waals surface area (Å²) in [6, 6.07) is 46.7. The number of anilines is 8. The number of sulfonamides is 4. The van der Waals surface area contributed by atoms with Gasteiger partial charge in [0.05, 0.1) is 92.9 Å². The highest BCUT2D eigenvalue weighted by Gasteiger charge is 2.36. The molecule has 28 nitrogen and oxygen atoms in total. The third-order valence-electron chi connectivity index (χ3n) is 18.5. The monoisotopic (exact) mass is 1930 g/mol. The summed E-state index contributed by atoms with van der Waals surface area (Å²) in [4.78, 5) is 79.6. The van der Waals surface area contributed by atoms with Gasteiger partial charge in [0.15, 0.2) is 34.3 Å². The van der Waals surface area contributed by atoms with Gasteiger partial charge >= 0.3 is 0 Å². The van der Waals surface area contributed by atoms with Gasteiger partial charge < -0.3 is 19.1 Å². The highest BCUT2D eigenvalue weighted by molar-refractivity contribution is 7.93. The second kappa shape index (κ2) is 39.2. The lowest BCUT2D eigenvalue weighted by molar-refractivity contribution is 0.0952. The van der Waals surface area contributed by atoms with Crippen molar-refractivity contribution in [3.8, 4) is 17.2 Å². The molecule has 12 aromatic rings. The van der Waals surface area contributed by atoms with Gasteiger partial charge in [-0.2, -0.15) is 0 Å². The minimum absolute atomic E-state index is 0.00265. The smallest absolute Gasteiger partial charge is 0.280 e. The van der Waals surface area contributed by atoms with Gasteiger partial charge in [0.2, 0.25) is 0 Å². The molecule has 4 N–H and O–H groups in total. The Morgan fingerprint density at radius 3 is 1.20 bits per heavy atom. The molecule has 3 aliphatic rings. The Balaban J connectivity index is 0.000000151. The maximum Gasteiger partial charge on any atom is 0.280 e. The van der Waals surface area contributed by atoms with Crippen LogP contribution in [-0.4, -0.2) is 128 Å². The number of hydrogen-bond acceptors (Lipinski definition) is 20. The summed E-state index contributed by atoms with van der Waals surface area (Å²) in [5.41, 5.74) is 3.57. The first-order chi connectivity index (χ1) is 58.8. The van der Waals surface area contributed by atoms with Crippen molar-refractivity contribution in [3.63, 3.8) is 0 Å². The fraction of sp³-hybridized carbons (Fsp3) is 0.145. The molecule has 8 heterocycles. The van der Waals surface area contributed by atoms with Crippen LogP contribution in [0.4, 0.5) is 45.6 Å². The van der Waals surface area contributed by atoms with E-state index in [1.54, 1.807) is 112 Å². The van der Waals surface area contributed by atoms with Crippen LogP contribution in [0.15, 0.2) is 233 Å². The summed E-state index contributed by atoms with van der Waals surface area (Å²) in [5.74, 6) is -0.197. The lowest BCUT2D eigenvalue weighted by atomic mass is 10.1. The number of hydrogen-bond donors (Lipinski definition) is 4. The minimum Gasteiger partial charge on any atom is -0.490 e. The molecular weight excluding hydrogens is 1870 g/mol. The molecule has 642 valence electrons. The molecule has 15 rings (SSSR count). The van der Waals surface area contributed by atoms with Crippen LogP contribution in [0, 0.1) is 27.7 Å². The molecule has 0 radical (unpaired) electrons. The maximum atomic E-state index is 13.5. The van der Waals surface area contributed by atoms with Crippen molar-refractivity contribution >= 4 is 214 Å². The zero-order chi connectivity index (χ0) is 89.4. The van der Waals surface area contributed by atoms with E-state index < -0.39 is 63.7 Å². The van der Waals surface area contributed by atoms with Crippen molar-refractivity contribution in [2.45, 2.75) is 60.2 Å². The number of nitrogens with zero attached hydrogens (tertiary/aromatic N) is 9. The molecule has 1 atom stereocenters. The van der Waals surface area contributed by atoms with Crippen LogP contribution >= 0.6 is 104 Å². The zero-order valence-electron chi connectivity index (χ0n) is 65.5. The van der Waals surface area contributed by atoms with Gasteiger partial charge in [0, 0.05) is 68.8 Å². The lowest BCUT2D eigenvalue weighted by Crippen LogP contribution is -2.45. The number of pyridine rings is 5. The second-order valence-electron chi connectivity index (χ2n) is 27.3. The van der Waals surface area contributed by atoms with Crippen LogP contribution < -0.4 is 52.7 Å². The summed E-state index contributed by atoms with van der Waals surface area (Å²) < 4.78 is 130. The molecule has 0 fully saturated rings. The molecule has 1 unspecified atom stereocenters. The van der Waals surface area contributed by atoms with E-state index >= 15 is 0 Å². The molecule has 3 aliphatic heterocycles. The van der Waals surface area contributed by atoms with Crippen LogP contribution in [0.25, 0.3) is 0 Å². The molecule has 0 bridgehead atoms. The first-order valence-corrected chi connectivity index (χ1v) is 45.9. The fourth-order valence-electron chi connectivity index (χ4n) is 12.3. The van der Waals surface area contributed by atoms with E-state index in [0.29, 0.717) is 94.1 Å². The molecular formula is C83H68Cl9N13O15S4. The average Bonchev–Trinajstić information content (AvgIpc) is 0.787. The summed E-state index contributed by atoms with van der Waals surface area (Å²) in [6.07, 6.45) is 6.68. The SMILES string of the molecule is Cc1cc(S(=O)(=O)Nc2cc(Cl)cnc2C(=O)N(C)c2ccccc2)ccc1Cl.Cc1cc(S(=O)(=O)Nc2cc(Cl)cnc2C(=O)N2CCOc3ccc(Cl)cc32)ccc1Cl.Cc1cc(S(=O)(=O)Nc2cc(Cl)cnc2C(=O)N2CCOc3cccnc32)ccc1Cl.Cc1cc(S(=O)(=O)Nc2cc(Cl)cnc2C(=O)N2c3ccccc3OCC2C)ccc1Cl. The number of nitrogens with one attached hydrogen (secondary N) is 4. The number of benzene rings is 7. The van der Waals surface area contributed by atoms with Crippen molar-refractivity contribution in [1.82, 2.24) is 24.9 Å². The Kier molecular flexibility index (Phi) is 29.2. The maximum absolute atomic E-state index is 13.5. The van der Waals surface area contributed by atoms with E-state index in [-0.39, 0.29) is 118 Å². The van der Waals surface area contributed by atoms with Crippen LogP contribution in [0.2, 0.25) is 45.2 Å². The zero-order valence-corrected chi connectivity index (χ0v) is 75.6. The summed E-state index contributed by atoms with van der Waals surface area (Å²) in [7, 11) is -14.5. The van der Waals surface area contributed by atoms with Gasteiger partial charge in [-0.3, -0.25) is 52.8 Å². The van der Waals surface area contributed by atoms with Crippen molar-refractivity contribution in [1.29, 1.82) is 0 Å². The number of amides is 4. The first kappa shape index (κ1) is 92.4. The molecule has 0 saturated heterocycles. The molecule has 41 heteroatoms. The Morgan fingerprint density at radius 1 is 0.387 bits per heavy atom. The molecule has 0 saturated carbocycles. The highest BCUT2D eigenvalue weighted by atomic mass is 35.5. The first-order valence-electron chi connectivity index (χ1n) is 36.6. The van der Waals surface area contributed by atoms with Gasteiger partial charge in [-0.25, -0.2) is 58.6 Å². The quantitative estimate of drug-likeness (QED) is 0.0658. The van der Waals surface area contributed by atoms with E-state index in [9.17, 15) is 52.8 Å². The number of aromatic nitrogens is 5. The van der Waals surface area contributed by atoms with Crippen molar-refractivity contribution < 1.29 is 67.1 Å². The number of rotatable bonds is 17. The molecule has 4 amide bonds. The Labute approximate surface area is 758 Å². The predicted molar refractivity (Wildman–Crippen MR) is 482 cm³/mol. The Hall–Kier alpha value is -10.8. The van der Waals surface area contributed by atoms with Crippen LogP contribution in [-0.2, 0) is 40.1 Å². The number of carbonyl (C=O) groups excluding carboxylic acids is 4. The highest BCUT2D eigenvalue weighted by Crippen LogP contribution is 2.40. The second-order valence-corrected chi connectivity index (χ2v) is 37.9. The normalized spacial score (nSPS) is 13.4. The van der Waals surface area contributed by atoms with Crippen molar-refractivity contribution in [3.05, 3.63) is 303 Å². The third-order valence-corrected chi connectivity index (χ3v) is 26.7.